The highest BCUT2D eigenvalue weighted by Crippen LogP contribution is 2.27. The van der Waals surface area contributed by atoms with Gasteiger partial charge in [-0.05, 0) is 35.9 Å². The van der Waals surface area contributed by atoms with Crippen molar-refractivity contribution in [2.24, 2.45) is 0 Å². The minimum Gasteiger partial charge on any atom is -0.497 e. The molecule has 1 amide bonds. The molecule has 150 valence electrons. The van der Waals surface area contributed by atoms with Gasteiger partial charge in [0.05, 0.1) is 20.8 Å². The number of carbonyl (C=O) groups excluding carboxylic acids is 1. The zero-order valence-electron chi connectivity index (χ0n) is 16.4. The molecule has 3 aromatic carbocycles. The number of rotatable bonds is 8. The number of ether oxygens (including phenoxy) is 2. The third-order valence-electron chi connectivity index (χ3n) is 4.49. The summed E-state index contributed by atoms with van der Waals surface area (Å²) in [7, 11) is 3.13. The smallest absolute Gasteiger partial charge is 0.251 e. The Bertz CT molecular complexity index is 960. The highest BCUT2D eigenvalue weighted by Gasteiger charge is 2.21. The van der Waals surface area contributed by atoms with Crippen LogP contribution in [0.1, 0.15) is 17.2 Å². The van der Waals surface area contributed by atoms with Crippen LogP contribution in [0.3, 0.4) is 0 Å². The van der Waals surface area contributed by atoms with E-state index in [9.17, 15) is 9.90 Å². The van der Waals surface area contributed by atoms with Crippen molar-refractivity contribution in [1.82, 2.24) is 0 Å². The molecule has 0 bridgehead atoms. The first-order valence-corrected chi connectivity index (χ1v) is 9.18. The maximum Gasteiger partial charge on any atom is 0.251 e. The lowest BCUT2D eigenvalue weighted by molar-refractivity contribution is -0.117. The molecule has 3 aromatic rings. The van der Waals surface area contributed by atoms with Gasteiger partial charge in [0, 0.05) is 23.0 Å². The highest BCUT2D eigenvalue weighted by atomic mass is 16.5. The SMILES string of the molecule is COc1cccc(NC(=O)C(Nc2ccc(OC)c(CO)c2)c2ccccc2)c1. The standard InChI is InChI=1S/C23H24N2O4/c1-28-20-10-6-9-18(14-20)25-23(27)22(16-7-4-3-5-8-16)24-19-11-12-21(29-2)17(13-19)15-26/h3-14,22,24,26H,15H2,1-2H3,(H,25,27). The molecule has 6 heteroatoms. The number of nitrogens with one attached hydrogen (secondary N) is 2. The van der Waals surface area contributed by atoms with E-state index in [1.807, 2.05) is 48.5 Å². The largest absolute Gasteiger partial charge is 0.497 e. The minimum absolute atomic E-state index is 0.162. The molecule has 0 spiro atoms. The van der Waals surface area contributed by atoms with Gasteiger partial charge in [0.1, 0.15) is 17.5 Å². The van der Waals surface area contributed by atoms with Gasteiger partial charge in [0.15, 0.2) is 0 Å². The molecular formula is C23H24N2O4. The van der Waals surface area contributed by atoms with Crippen LogP contribution in [0.15, 0.2) is 72.8 Å². The fourth-order valence-electron chi connectivity index (χ4n) is 3.02. The molecule has 1 atom stereocenters. The fourth-order valence-corrected chi connectivity index (χ4v) is 3.02. The summed E-state index contributed by atoms with van der Waals surface area (Å²) in [5.41, 5.74) is 2.79. The summed E-state index contributed by atoms with van der Waals surface area (Å²) in [5, 5.41) is 15.8. The van der Waals surface area contributed by atoms with E-state index in [1.165, 1.54) is 0 Å². The molecule has 0 aromatic heterocycles. The van der Waals surface area contributed by atoms with Crippen molar-refractivity contribution in [3.63, 3.8) is 0 Å². The van der Waals surface area contributed by atoms with Gasteiger partial charge in [0.25, 0.3) is 5.91 Å². The van der Waals surface area contributed by atoms with Crippen molar-refractivity contribution in [3.05, 3.63) is 83.9 Å². The van der Waals surface area contributed by atoms with Gasteiger partial charge in [-0.15, -0.1) is 0 Å². The molecule has 0 radical (unpaired) electrons. The maximum atomic E-state index is 13.1. The number of benzene rings is 3. The number of hydrogen-bond donors (Lipinski definition) is 3. The number of carbonyl (C=O) groups is 1. The summed E-state index contributed by atoms with van der Waals surface area (Å²) in [4.78, 5) is 13.1. The van der Waals surface area contributed by atoms with Gasteiger partial charge in [-0.25, -0.2) is 0 Å². The van der Waals surface area contributed by atoms with Crippen LogP contribution < -0.4 is 20.1 Å². The Kier molecular flexibility index (Phi) is 6.71. The fraction of sp³-hybridized carbons (Fsp3) is 0.174. The molecule has 0 saturated carbocycles. The second-order valence-corrected chi connectivity index (χ2v) is 6.39. The van der Waals surface area contributed by atoms with Crippen LogP contribution in [0, 0.1) is 0 Å². The van der Waals surface area contributed by atoms with Crippen molar-refractivity contribution < 1.29 is 19.4 Å². The number of aliphatic hydroxyl groups excluding tert-OH is 1. The summed E-state index contributed by atoms with van der Waals surface area (Å²) >= 11 is 0. The zero-order valence-corrected chi connectivity index (χ0v) is 16.4. The van der Waals surface area contributed by atoms with Crippen molar-refractivity contribution in [2.45, 2.75) is 12.6 Å². The second-order valence-electron chi connectivity index (χ2n) is 6.39. The molecule has 3 rings (SSSR count). The van der Waals surface area contributed by atoms with Crippen LogP contribution >= 0.6 is 0 Å². The van der Waals surface area contributed by atoms with Gasteiger partial charge in [-0.3, -0.25) is 4.79 Å². The van der Waals surface area contributed by atoms with Gasteiger partial charge < -0.3 is 25.2 Å². The van der Waals surface area contributed by atoms with Gasteiger partial charge in [-0.1, -0.05) is 36.4 Å². The Morgan fingerprint density at radius 2 is 1.72 bits per heavy atom. The number of hydrogen-bond acceptors (Lipinski definition) is 5. The third-order valence-corrected chi connectivity index (χ3v) is 4.49. The van der Waals surface area contributed by atoms with Crippen LogP contribution in [0.4, 0.5) is 11.4 Å². The molecule has 3 N–H and O–H groups in total. The van der Waals surface area contributed by atoms with Crippen LogP contribution in [-0.4, -0.2) is 25.2 Å². The molecule has 0 saturated heterocycles. The highest BCUT2D eigenvalue weighted by molar-refractivity contribution is 5.97. The van der Waals surface area contributed by atoms with Crippen LogP contribution in [0.2, 0.25) is 0 Å². The second kappa shape index (κ2) is 9.61. The zero-order chi connectivity index (χ0) is 20.6. The van der Waals surface area contributed by atoms with E-state index in [4.69, 9.17) is 9.47 Å². The van der Waals surface area contributed by atoms with E-state index in [0.29, 0.717) is 28.4 Å². The number of anilines is 2. The van der Waals surface area contributed by atoms with E-state index in [-0.39, 0.29) is 12.5 Å². The van der Waals surface area contributed by atoms with Crippen molar-refractivity contribution in [1.29, 1.82) is 0 Å². The molecule has 0 fully saturated rings. The Labute approximate surface area is 170 Å². The average Bonchev–Trinajstić information content (AvgIpc) is 2.77. The van der Waals surface area contributed by atoms with E-state index in [2.05, 4.69) is 10.6 Å². The number of aliphatic hydroxyl groups is 1. The molecule has 0 heterocycles. The maximum absolute atomic E-state index is 13.1. The van der Waals surface area contributed by atoms with Crippen LogP contribution in [0.5, 0.6) is 11.5 Å². The number of amides is 1. The topological polar surface area (TPSA) is 79.8 Å². The summed E-state index contributed by atoms with van der Waals surface area (Å²) in [6, 6.07) is 21.4. The monoisotopic (exact) mass is 392 g/mol. The molecule has 6 nitrogen and oxygen atoms in total. The summed E-state index contributed by atoms with van der Waals surface area (Å²) in [6.45, 7) is -0.162. The van der Waals surface area contributed by atoms with Crippen molar-refractivity contribution >= 4 is 17.3 Å². The molecular weight excluding hydrogens is 368 g/mol. The lowest BCUT2D eigenvalue weighted by atomic mass is 10.0. The lowest BCUT2D eigenvalue weighted by Crippen LogP contribution is -2.27. The Morgan fingerprint density at radius 1 is 0.931 bits per heavy atom. The quantitative estimate of drug-likeness (QED) is 0.540. The van der Waals surface area contributed by atoms with E-state index in [1.54, 1.807) is 38.5 Å². The first kappa shape index (κ1) is 20.2. The number of methoxy groups -OCH3 is 2. The molecule has 0 aliphatic rings. The predicted octanol–water partition coefficient (Wildman–Crippen LogP) is 3.99. The van der Waals surface area contributed by atoms with Crippen LogP contribution in [0.25, 0.3) is 0 Å². The summed E-state index contributed by atoms with van der Waals surface area (Å²) in [5.74, 6) is 1.04. The first-order chi connectivity index (χ1) is 14.1. The van der Waals surface area contributed by atoms with Crippen LogP contribution in [-0.2, 0) is 11.4 Å². The predicted molar refractivity (Wildman–Crippen MR) is 113 cm³/mol. The molecule has 0 aliphatic carbocycles. The average molecular weight is 392 g/mol. The van der Waals surface area contributed by atoms with Gasteiger partial charge in [0.2, 0.25) is 0 Å². The van der Waals surface area contributed by atoms with Crippen molar-refractivity contribution in [3.8, 4) is 11.5 Å². The van der Waals surface area contributed by atoms with E-state index < -0.39 is 6.04 Å². The van der Waals surface area contributed by atoms with E-state index >= 15 is 0 Å². The summed E-state index contributed by atoms with van der Waals surface area (Å²) in [6.07, 6.45) is 0. The minimum atomic E-state index is -0.637. The van der Waals surface area contributed by atoms with Crippen molar-refractivity contribution in [2.75, 3.05) is 24.9 Å². The molecule has 29 heavy (non-hydrogen) atoms. The summed E-state index contributed by atoms with van der Waals surface area (Å²) < 4.78 is 10.5. The molecule has 1 unspecified atom stereocenters. The van der Waals surface area contributed by atoms with E-state index in [0.717, 1.165) is 5.56 Å². The lowest BCUT2D eigenvalue weighted by Gasteiger charge is -2.21. The Balaban J connectivity index is 1.88. The first-order valence-electron chi connectivity index (χ1n) is 9.18. The Hall–Kier alpha value is -3.51. The van der Waals surface area contributed by atoms with Gasteiger partial charge in [-0.2, -0.15) is 0 Å². The Morgan fingerprint density at radius 3 is 2.41 bits per heavy atom. The van der Waals surface area contributed by atoms with Gasteiger partial charge >= 0.3 is 0 Å². The third kappa shape index (κ3) is 5.06. The molecule has 0 aliphatic heterocycles. The normalized spacial score (nSPS) is 11.4.